The molecule has 1 nitrogen and oxygen atoms in total. The molecule has 0 saturated carbocycles. The van der Waals surface area contributed by atoms with E-state index in [2.05, 4.69) is 46.3 Å². The second kappa shape index (κ2) is 7.99. The van der Waals surface area contributed by atoms with Gasteiger partial charge in [-0.1, -0.05) is 36.2 Å². The van der Waals surface area contributed by atoms with Gasteiger partial charge in [0.15, 0.2) is 0 Å². The molecule has 20 heavy (non-hydrogen) atoms. The fourth-order valence-corrected chi connectivity index (χ4v) is 3.78. The summed E-state index contributed by atoms with van der Waals surface area (Å²) in [5, 5.41) is 7.07. The maximum atomic E-state index is 6.10. The molecule has 2 aromatic rings. The minimum atomic E-state index is 0.326. The zero-order chi connectivity index (χ0) is 14.5. The molecule has 0 aliphatic rings. The summed E-state index contributed by atoms with van der Waals surface area (Å²) < 4.78 is 1.31. The minimum absolute atomic E-state index is 0.326. The maximum Gasteiger partial charge on any atom is 0.0656 e. The largest absolute Gasteiger partial charge is 0.310 e. The first-order valence-corrected chi connectivity index (χ1v) is 9.22. The maximum absolute atomic E-state index is 6.10. The Morgan fingerprint density at radius 1 is 1.25 bits per heavy atom. The van der Waals surface area contributed by atoms with Crippen LogP contribution in [0.15, 0.2) is 29.6 Å². The number of hydrogen-bond acceptors (Lipinski definition) is 2. The van der Waals surface area contributed by atoms with Crippen molar-refractivity contribution in [3.8, 4) is 0 Å². The summed E-state index contributed by atoms with van der Waals surface area (Å²) >= 11 is 16.2. The summed E-state index contributed by atoms with van der Waals surface area (Å²) in [5.41, 5.74) is 2.55. The summed E-state index contributed by atoms with van der Waals surface area (Å²) in [6.45, 7) is 3.19. The Morgan fingerprint density at radius 3 is 2.65 bits per heavy atom. The van der Waals surface area contributed by atoms with Gasteiger partial charge in [0, 0.05) is 6.04 Å². The monoisotopic (exact) mass is 439 g/mol. The van der Waals surface area contributed by atoms with Crippen LogP contribution in [-0.4, -0.2) is 6.54 Å². The summed E-state index contributed by atoms with van der Waals surface area (Å²) in [4.78, 5) is 0. The third-order valence-corrected chi connectivity index (χ3v) is 5.60. The third-order valence-electron chi connectivity index (χ3n) is 3.05. The molecule has 1 heterocycles. The molecular weight excluding hydrogens is 424 g/mol. The Kier molecular flexibility index (Phi) is 6.62. The van der Waals surface area contributed by atoms with Crippen LogP contribution >= 0.6 is 57.1 Å². The van der Waals surface area contributed by atoms with Crippen LogP contribution in [-0.2, 0) is 6.42 Å². The van der Waals surface area contributed by atoms with E-state index in [0.717, 1.165) is 19.4 Å². The predicted molar refractivity (Wildman–Crippen MR) is 98.2 cm³/mol. The minimum Gasteiger partial charge on any atom is -0.310 e. The quantitative estimate of drug-likeness (QED) is 0.549. The molecule has 0 aliphatic heterocycles. The first-order chi connectivity index (χ1) is 9.60. The molecule has 2 rings (SSSR count). The highest BCUT2D eigenvalue weighted by atomic mass is 127. The second-order valence-corrected chi connectivity index (χ2v) is 8.26. The lowest BCUT2D eigenvalue weighted by atomic mass is 10.0. The van der Waals surface area contributed by atoms with Crippen molar-refractivity contribution in [1.29, 1.82) is 0 Å². The molecule has 1 N–H and O–H groups in total. The van der Waals surface area contributed by atoms with E-state index in [4.69, 9.17) is 23.2 Å². The molecule has 0 radical (unpaired) electrons. The molecule has 1 unspecified atom stereocenters. The number of hydrogen-bond donors (Lipinski definition) is 1. The summed E-state index contributed by atoms with van der Waals surface area (Å²) in [6.07, 6.45) is 2.04. The van der Waals surface area contributed by atoms with Gasteiger partial charge in [-0.15, -0.1) is 11.3 Å². The van der Waals surface area contributed by atoms with Gasteiger partial charge in [-0.3, -0.25) is 0 Å². The SMILES string of the molecule is CCCNC(Cc1ccc(Cl)c(Cl)c1)c1csc(I)c1. The molecule has 0 amide bonds. The lowest BCUT2D eigenvalue weighted by molar-refractivity contribution is 0.530. The van der Waals surface area contributed by atoms with Crippen LogP contribution in [0.3, 0.4) is 0 Å². The predicted octanol–water partition coefficient (Wildman–Crippen LogP) is 5.94. The van der Waals surface area contributed by atoms with Crippen LogP contribution in [0, 0.1) is 2.88 Å². The van der Waals surface area contributed by atoms with Crippen molar-refractivity contribution in [1.82, 2.24) is 5.32 Å². The fourth-order valence-electron chi connectivity index (χ4n) is 2.03. The van der Waals surface area contributed by atoms with Crippen molar-refractivity contribution < 1.29 is 0 Å². The smallest absolute Gasteiger partial charge is 0.0656 e. The summed E-state index contributed by atoms with van der Waals surface area (Å²) in [5.74, 6) is 0. The average molecular weight is 440 g/mol. The topological polar surface area (TPSA) is 12.0 Å². The summed E-state index contributed by atoms with van der Waals surface area (Å²) in [7, 11) is 0. The molecule has 0 spiro atoms. The van der Waals surface area contributed by atoms with Crippen molar-refractivity contribution in [2.75, 3.05) is 6.54 Å². The van der Waals surface area contributed by atoms with Gasteiger partial charge in [-0.2, -0.15) is 0 Å². The van der Waals surface area contributed by atoms with Gasteiger partial charge >= 0.3 is 0 Å². The number of halogens is 3. The van der Waals surface area contributed by atoms with Crippen molar-refractivity contribution in [3.63, 3.8) is 0 Å². The first-order valence-electron chi connectivity index (χ1n) is 6.51. The Hall–Kier alpha value is 0.190. The van der Waals surface area contributed by atoms with E-state index in [1.807, 2.05) is 18.2 Å². The zero-order valence-electron chi connectivity index (χ0n) is 11.1. The lowest BCUT2D eigenvalue weighted by Crippen LogP contribution is -2.23. The molecule has 1 atom stereocenters. The molecule has 5 heteroatoms. The van der Waals surface area contributed by atoms with E-state index in [1.165, 1.54) is 14.0 Å². The van der Waals surface area contributed by atoms with Crippen LogP contribution in [0.5, 0.6) is 0 Å². The van der Waals surface area contributed by atoms with Crippen LogP contribution in [0.1, 0.15) is 30.5 Å². The van der Waals surface area contributed by atoms with Gasteiger partial charge in [0.1, 0.15) is 0 Å². The van der Waals surface area contributed by atoms with Gasteiger partial charge in [-0.25, -0.2) is 0 Å². The van der Waals surface area contributed by atoms with E-state index in [1.54, 1.807) is 11.3 Å². The standard InChI is InChI=1S/C15H16Cl2INS/c1-2-5-19-14(11-8-15(18)20-9-11)7-10-3-4-12(16)13(17)6-10/h3-4,6,8-9,14,19H,2,5,7H2,1H3. The van der Waals surface area contributed by atoms with Gasteiger partial charge in [-0.05, 0) is 76.7 Å². The van der Waals surface area contributed by atoms with Crippen LogP contribution in [0.2, 0.25) is 10.0 Å². The second-order valence-electron chi connectivity index (χ2n) is 4.64. The van der Waals surface area contributed by atoms with Crippen LogP contribution < -0.4 is 5.32 Å². The van der Waals surface area contributed by atoms with E-state index in [0.29, 0.717) is 16.1 Å². The fraction of sp³-hybridized carbons (Fsp3) is 0.333. The van der Waals surface area contributed by atoms with Crippen molar-refractivity contribution in [2.45, 2.75) is 25.8 Å². The number of benzene rings is 1. The van der Waals surface area contributed by atoms with Gasteiger partial charge in [0.05, 0.1) is 12.9 Å². The Balaban J connectivity index is 2.16. The van der Waals surface area contributed by atoms with E-state index >= 15 is 0 Å². The highest BCUT2D eigenvalue weighted by Crippen LogP contribution is 2.28. The molecule has 0 aliphatic carbocycles. The number of nitrogens with one attached hydrogen (secondary N) is 1. The highest BCUT2D eigenvalue weighted by Gasteiger charge is 2.14. The third kappa shape index (κ3) is 4.60. The Bertz CT molecular complexity index is 571. The van der Waals surface area contributed by atoms with Gasteiger partial charge in [0.25, 0.3) is 0 Å². The Morgan fingerprint density at radius 2 is 2.05 bits per heavy atom. The van der Waals surface area contributed by atoms with Gasteiger partial charge in [0.2, 0.25) is 0 Å². The highest BCUT2D eigenvalue weighted by molar-refractivity contribution is 14.1. The first kappa shape index (κ1) is 16.6. The molecule has 0 bridgehead atoms. The lowest BCUT2D eigenvalue weighted by Gasteiger charge is -2.18. The number of thiophene rings is 1. The molecule has 1 aromatic heterocycles. The zero-order valence-corrected chi connectivity index (χ0v) is 15.6. The molecule has 0 fully saturated rings. The van der Waals surface area contributed by atoms with Crippen molar-refractivity contribution in [2.24, 2.45) is 0 Å². The van der Waals surface area contributed by atoms with E-state index in [-0.39, 0.29) is 0 Å². The molecule has 0 saturated heterocycles. The van der Waals surface area contributed by atoms with Crippen molar-refractivity contribution >= 4 is 57.1 Å². The Labute approximate surface area is 147 Å². The molecule has 1 aromatic carbocycles. The molecule has 108 valence electrons. The van der Waals surface area contributed by atoms with E-state index in [9.17, 15) is 0 Å². The van der Waals surface area contributed by atoms with Gasteiger partial charge < -0.3 is 5.32 Å². The van der Waals surface area contributed by atoms with Crippen LogP contribution in [0.25, 0.3) is 0 Å². The summed E-state index contributed by atoms with van der Waals surface area (Å²) in [6, 6.07) is 8.45. The molecular formula is C15H16Cl2INS. The number of rotatable bonds is 6. The van der Waals surface area contributed by atoms with Crippen LogP contribution in [0.4, 0.5) is 0 Å². The van der Waals surface area contributed by atoms with E-state index < -0.39 is 0 Å². The average Bonchev–Trinajstić information content (AvgIpc) is 2.85. The van der Waals surface area contributed by atoms with Crippen molar-refractivity contribution in [3.05, 3.63) is 53.7 Å². The normalized spacial score (nSPS) is 12.6.